The zero-order chi connectivity index (χ0) is 5.91. The Morgan fingerprint density at radius 2 is 1.86 bits per heavy atom. The van der Waals surface area contributed by atoms with Gasteiger partial charge in [-0.3, -0.25) is 0 Å². The fourth-order valence-corrected chi connectivity index (χ4v) is 1.01. The summed E-state index contributed by atoms with van der Waals surface area (Å²) in [6.45, 7) is 6.45. The molecule has 44 valence electrons. The molecule has 2 heteroatoms. The highest BCUT2D eigenvalue weighted by Gasteiger charge is 2.07. The highest BCUT2D eigenvalue weighted by atomic mass is 28.2. The fraction of sp³-hybridized carbons (Fsp3) is 1.00. The molecule has 0 radical (unpaired) electrons. The van der Waals surface area contributed by atoms with Crippen molar-refractivity contribution in [1.29, 1.82) is 0 Å². The van der Waals surface area contributed by atoms with E-state index in [1.165, 1.54) is 0 Å². The smallest absolute Gasteiger partial charge is 0.157 e. The van der Waals surface area contributed by atoms with Gasteiger partial charge in [0.1, 0.15) is 0 Å². The van der Waals surface area contributed by atoms with Crippen LogP contribution < -0.4 is 0 Å². The SMILES string of the molecule is CC(C)(C)C[SiH2]O. The van der Waals surface area contributed by atoms with E-state index in [-0.39, 0.29) is 0 Å². The lowest BCUT2D eigenvalue weighted by molar-refractivity contribution is 0.445. The fourth-order valence-electron chi connectivity index (χ4n) is 0.335. The van der Waals surface area contributed by atoms with Gasteiger partial charge in [0.15, 0.2) is 9.76 Å². The van der Waals surface area contributed by atoms with Gasteiger partial charge in [0, 0.05) is 0 Å². The minimum Gasteiger partial charge on any atom is -0.438 e. The molecule has 0 fully saturated rings. The van der Waals surface area contributed by atoms with E-state index in [4.69, 9.17) is 4.80 Å². The van der Waals surface area contributed by atoms with E-state index < -0.39 is 9.76 Å². The largest absolute Gasteiger partial charge is 0.438 e. The first-order valence-electron chi connectivity index (χ1n) is 2.67. The van der Waals surface area contributed by atoms with E-state index in [1.54, 1.807) is 0 Å². The van der Waals surface area contributed by atoms with Gasteiger partial charge in [-0.05, 0) is 11.5 Å². The molecule has 0 aliphatic rings. The lowest BCUT2D eigenvalue weighted by atomic mass is 10.0. The van der Waals surface area contributed by atoms with Crippen LogP contribution in [0.1, 0.15) is 20.8 Å². The molecule has 0 saturated heterocycles. The third-order valence-corrected chi connectivity index (χ3v) is 2.59. The molecule has 0 atom stereocenters. The molecule has 0 unspecified atom stereocenters. The van der Waals surface area contributed by atoms with E-state index in [0.717, 1.165) is 6.04 Å². The zero-order valence-electron chi connectivity index (χ0n) is 5.36. The summed E-state index contributed by atoms with van der Waals surface area (Å²) in [5.74, 6) is 0. The predicted molar refractivity (Wildman–Crippen MR) is 35.0 cm³/mol. The Morgan fingerprint density at radius 1 is 1.43 bits per heavy atom. The third-order valence-electron chi connectivity index (χ3n) is 0.862. The maximum Gasteiger partial charge on any atom is 0.157 e. The van der Waals surface area contributed by atoms with E-state index in [9.17, 15) is 0 Å². The van der Waals surface area contributed by atoms with Crippen LogP contribution in [0.4, 0.5) is 0 Å². The normalized spacial score (nSPS) is 13.7. The van der Waals surface area contributed by atoms with Crippen LogP contribution in [0.25, 0.3) is 0 Å². The van der Waals surface area contributed by atoms with Crippen molar-refractivity contribution in [2.75, 3.05) is 0 Å². The number of hydrogen-bond acceptors (Lipinski definition) is 1. The molecule has 0 heterocycles. The maximum absolute atomic E-state index is 8.54. The Balaban J connectivity index is 3.15. The minimum absolute atomic E-state index is 0.362. The summed E-state index contributed by atoms with van der Waals surface area (Å²) in [5, 5.41) is 0. The topological polar surface area (TPSA) is 20.2 Å². The molecule has 1 nitrogen and oxygen atoms in total. The molecule has 0 aromatic rings. The highest BCUT2D eigenvalue weighted by molar-refractivity contribution is 6.25. The predicted octanol–water partition coefficient (Wildman–Crippen LogP) is 0.527. The first-order chi connectivity index (χ1) is 3.06. The van der Waals surface area contributed by atoms with Gasteiger partial charge in [0.05, 0.1) is 0 Å². The lowest BCUT2D eigenvalue weighted by Gasteiger charge is -2.14. The molecular formula is C5H14OSi. The molecular weight excluding hydrogens is 104 g/mol. The standard InChI is InChI=1S/C5H14OSi/c1-5(2,3)4-7-6/h6H,4,7H2,1-3H3. The Kier molecular flexibility index (Phi) is 2.54. The van der Waals surface area contributed by atoms with Crippen molar-refractivity contribution < 1.29 is 4.80 Å². The van der Waals surface area contributed by atoms with Gasteiger partial charge in [-0.15, -0.1) is 0 Å². The van der Waals surface area contributed by atoms with Gasteiger partial charge in [0.2, 0.25) is 0 Å². The summed E-state index contributed by atoms with van der Waals surface area (Å²) in [4.78, 5) is 8.54. The highest BCUT2D eigenvalue weighted by Crippen LogP contribution is 2.16. The zero-order valence-corrected chi connectivity index (χ0v) is 6.78. The Morgan fingerprint density at radius 3 is 1.86 bits per heavy atom. The Labute approximate surface area is 47.7 Å². The summed E-state index contributed by atoms with van der Waals surface area (Å²) in [6, 6.07) is 1.03. The second-order valence-corrected chi connectivity index (χ2v) is 3.98. The van der Waals surface area contributed by atoms with Crippen molar-refractivity contribution >= 4 is 9.76 Å². The average Bonchev–Trinajstić information content (AvgIpc) is 1.30. The molecule has 7 heavy (non-hydrogen) atoms. The van der Waals surface area contributed by atoms with Gasteiger partial charge < -0.3 is 4.80 Å². The van der Waals surface area contributed by atoms with Crippen molar-refractivity contribution in [2.24, 2.45) is 5.41 Å². The number of rotatable bonds is 1. The van der Waals surface area contributed by atoms with Crippen molar-refractivity contribution in [2.45, 2.75) is 26.8 Å². The van der Waals surface area contributed by atoms with Crippen LogP contribution in [0.15, 0.2) is 0 Å². The van der Waals surface area contributed by atoms with E-state index >= 15 is 0 Å². The molecule has 0 aromatic heterocycles. The summed E-state index contributed by atoms with van der Waals surface area (Å²) in [5.41, 5.74) is 0.362. The summed E-state index contributed by atoms with van der Waals surface area (Å²) < 4.78 is 0. The van der Waals surface area contributed by atoms with E-state index in [2.05, 4.69) is 20.8 Å². The molecule has 0 bridgehead atoms. The minimum atomic E-state index is -0.690. The van der Waals surface area contributed by atoms with Crippen molar-refractivity contribution in [1.82, 2.24) is 0 Å². The van der Waals surface area contributed by atoms with Crippen molar-refractivity contribution in [3.8, 4) is 0 Å². The van der Waals surface area contributed by atoms with Gasteiger partial charge in [-0.25, -0.2) is 0 Å². The molecule has 0 aromatic carbocycles. The van der Waals surface area contributed by atoms with Crippen LogP contribution in [0, 0.1) is 5.41 Å². The molecule has 0 aliphatic carbocycles. The van der Waals surface area contributed by atoms with Gasteiger partial charge in [0.25, 0.3) is 0 Å². The second kappa shape index (κ2) is 2.48. The van der Waals surface area contributed by atoms with Crippen molar-refractivity contribution in [3.63, 3.8) is 0 Å². The van der Waals surface area contributed by atoms with Crippen LogP contribution in [-0.4, -0.2) is 14.6 Å². The first-order valence-corrected chi connectivity index (χ1v) is 4.30. The summed E-state index contributed by atoms with van der Waals surface area (Å²) in [6.07, 6.45) is 0. The van der Waals surface area contributed by atoms with Gasteiger partial charge in [-0.1, -0.05) is 20.8 Å². The number of hydrogen-bond donors (Lipinski definition) is 1. The van der Waals surface area contributed by atoms with Crippen LogP contribution in [-0.2, 0) is 0 Å². The first kappa shape index (κ1) is 7.18. The van der Waals surface area contributed by atoms with Crippen LogP contribution >= 0.6 is 0 Å². The molecule has 0 rings (SSSR count). The van der Waals surface area contributed by atoms with Gasteiger partial charge in [-0.2, -0.15) is 0 Å². The third kappa shape index (κ3) is 6.18. The van der Waals surface area contributed by atoms with Crippen LogP contribution in [0.3, 0.4) is 0 Å². The lowest BCUT2D eigenvalue weighted by Crippen LogP contribution is -2.07. The molecule has 0 aliphatic heterocycles. The second-order valence-electron chi connectivity index (χ2n) is 3.03. The average molecular weight is 118 g/mol. The van der Waals surface area contributed by atoms with E-state index in [0.29, 0.717) is 5.41 Å². The van der Waals surface area contributed by atoms with Gasteiger partial charge >= 0.3 is 0 Å². The Bertz CT molecular complexity index is 46.5. The summed E-state index contributed by atoms with van der Waals surface area (Å²) >= 11 is 0. The molecule has 0 spiro atoms. The van der Waals surface area contributed by atoms with E-state index in [1.807, 2.05) is 0 Å². The molecule has 0 saturated carbocycles. The molecule has 0 amide bonds. The summed E-state index contributed by atoms with van der Waals surface area (Å²) in [7, 11) is -0.690. The molecule has 1 N–H and O–H groups in total. The van der Waals surface area contributed by atoms with Crippen LogP contribution in [0.2, 0.25) is 6.04 Å². The monoisotopic (exact) mass is 118 g/mol. The quantitative estimate of drug-likeness (QED) is 0.498. The Hall–Kier alpha value is 0.177. The van der Waals surface area contributed by atoms with Crippen LogP contribution in [0.5, 0.6) is 0 Å². The maximum atomic E-state index is 8.54. The van der Waals surface area contributed by atoms with Crippen molar-refractivity contribution in [3.05, 3.63) is 0 Å².